The van der Waals surface area contributed by atoms with Crippen LogP contribution in [0.2, 0.25) is 0 Å². The van der Waals surface area contributed by atoms with E-state index in [0.29, 0.717) is 11.0 Å². The van der Waals surface area contributed by atoms with Gasteiger partial charge in [0, 0.05) is 11.8 Å². The van der Waals surface area contributed by atoms with Gasteiger partial charge < -0.3 is 14.4 Å². The van der Waals surface area contributed by atoms with Gasteiger partial charge in [0.25, 0.3) is 0 Å². The van der Waals surface area contributed by atoms with E-state index in [-0.39, 0.29) is 6.61 Å². The first-order chi connectivity index (χ1) is 9.27. The number of aliphatic hydroxyl groups excluding tert-OH is 1. The molecule has 2 rings (SSSR count). The van der Waals surface area contributed by atoms with Crippen LogP contribution in [0.5, 0.6) is 0 Å². The number of hydrogen-bond donors (Lipinski definition) is 1. The monoisotopic (exact) mass is 279 g/mol. The number of pyridine rings is 1. The zero-order valence-corrected chi connectivity index (χ0v) is 12.2. The van der Waals surface area contributed by atoms with Crippen molar-refractivity contribution < 1.29 is 18.8 Å². The van der Waals surface area contributed by atoms with E-state index in [1.165, 1.54) is 12.3 Å². The summed E-state index contributed by atoms with van der Waals surface area (Å²) >= 11 is 0. The first kappa shape index (κ1) is 15.2. The average Bonchev–Trinajstić information content (AvgIpc) is 2.57. The summed E-state index contributed by atoms with van der Waals surface area (Å²) < 4.78 is 25.3. The van der Waals surface area contributed by atoms with Crippen LogP contribution in [-0.2, 0) is 9.31 Å². The first-order valence-corrected chi connectivity index (χ1v) is 6.53. The molecule has 6 heteroatoms. The van der Waals surface area contributed by atoms with Crippen LogP contribution >= 0.6 is 0 Å². The van der Waals surface area contributed by atoms with E-state index >= 15 is 0 Å². The summed E-state index contributed by atoms with van der Waals surface area (Å²) in [6.07, 6.45) is 4.17. The molecule has 1 aromatic rings. The lowest BCUT2D eigenvalue weighted by molar-refractivity contribution is 0.00578. The Hall–Kier alpha value is -1.24. The van der Waals surface area contributed by atoms with Gasteiger partial charge in [-0.05, 0) is 39.2 Å². The van der Waals surface area contributed by atoms with Gasteiger partial charge in [0.15, 0.2) is 0 Å². The van der Waals surface area contributed by atoms with Gasteiger partial charge >= 0.3 is 7.12 Å². The van der Waals surface area contributed by atoms with E-state index in [0.717, 1.165) is 6.20 Å². The van der Waals surface area contributed by atoms with Crippen LogP contribution in [-0.4, -0.2) is 35.0 Å². The van der Waals surface area contributed by atoms with E-state index in [2.05, 4.69) is 4.98 Å². The number of aliphatic hydroxyl groups is 1. The number of aromatic nitrogens is 1. The molecular formula is C14H19BFNO3. The Balaban J connectivity index is 2.29. The van der Waals surface area contributed by atoms with Crippen molar-refractivity contribution in [2.24, 2.45) is 0 Å². The molecule has 4 nitrogen and oxygen atoms in total. The van der Waals surface area contributed by atoms with Gasteiger partial charge in [0.1, 0.15) is 5.82 Å². The second kappa shape index (κ2) is 5.28. The van der Waals surface area contributed by atoms with Crippen LogP contribution in [0.15, 0.2) is 23.9 Å². The zero-order valence-electron chi connectivity index (χ0n) is 12.2. The van der Waals surface area contributed by atoms with Gasteiger partial charge in [-0.1, -0.05) is 6.08 Å². The molecule has 1 aliphatic heterocycles. The molecule has 0 saturated carbocycles. The Morgan fingerprint density at radius 2 is 1.95 bits per heavy atom. The summed E-state index contributed by atoms with van der Waals surface area (Å²) in [6, 6.07) is 1.54. The number of rotatable bonds is 3. The summed E-state index contributed by atoms with van der Waals surface area (Å²) in [5.74, 6) is -0.449. The average molecular weight is 279 g/mol. The molecular weight excluding hydrogens is 260 g/mol. The topological polar surface area (TPSA) is 51.6 Å². The van der Waals surface area contributed by atoms with Crippen molar-refractivity contribution in [2.45, 2.75) is 38.9 Å². The molecule has 0 bridgehead atoms. The lowest BCUT2D eigenvalue weighted by Crippen LogP contribution is -2.41. The van der Waals surface area contributed by atoms with Crippen LogP contribution in [0.1, 0.15) is 33.3 Å². The van der Waals surface area contributed by atoms with Crippen LogP contribution in [0.3, 0.4) is 0 Å². The zero-order chi connectivity index (χ0) is 15.0. The molecule has 1 aromatic heterocycles. The van der Waals surface area contributed by atoms with Gasteiger partial charge in [-0.3, -0.25) is 4.98 Å². The van der Waals surface area contributed by atoms with E-state index < -0.39 is 24.1 Å². The molecule has 0 radical (unpaired) electrons. The molecule has 1 aliphatic rings. The van der Waals surface area contributed by atoms with E-state index in [1.54, 1.807) is 6.08 Å². The van der Waals surface area contributed by atoms with Crippen molar-refractivity contribution in [1.29, 1.82) is 0 Å². The third kappa shape index (κ3) is 2.77. The van der Waals surface area contributed by atoms with Crippen molar-refractivity contribution >= 4 is 13.2 Å². The van der Waals surface area contributed by atoms with Crippen molar-refractivity contribution in [3.8, 4) is 0 Å². The molecule has 1 fully saturated rings. The fourth-order valence-electron chi connectivity index (χ4n) is 1.89. The molecule has 0 unspecified atom stereocenters. The van der Waals surface area contributed by atoms with Crippen molar-refractivity contribution in [3.63, 3.8) is 0 Å². The van der Waals surface area contributed by atoms with Crippen molar-refractivity contribution in [3.05, 3.63) is 35.3 Å². The molecule has 2 heterocycles. The molecule has 0 aromatic carbocycles. The second-order valence-corrected chi connectivity index (χ2v) is 5.86. The highest BCUT2D eigenvalue weighted by molar-refractivity contribution is 6.55. The molecule has 108 valence electrons. The van der Waals surface area contributed by atoms with Crippen LogP contribution in [0.25, 0.3) is 6.08 Å². The quantitative estimate of drug-likeness (QED) is 0.862. The Bertz CT molecular complexity index is 515. The minimum absolute atomic E-state index is 0.265. The van der Waals surface area contributed by atoms with Gasteiger partial charge in [-0.25, -0.2) is 4.39 Å². The molecule has 0 aliphatic carbocycles. The molecule has 1 saturated heterocycles. The maximum Gasteiger partial charge on any atom is 0.492 e. The van der Waals surface area contributed by atoms with Gasteiger partial charge in [-0.15, -0.1) is 0 Å². The van der Waals surface area contributed by atoms with Crippen molar-refractivity contribution in [2.75, 3.05) is 6.61 Å². The number of halogens is 1. The summed E-state index contributed by atoms with van der Waals surface area (Å²) in [4.78, 5) is 3.69. The second-order valence-electron chi connectivity index (χ2n) is 5.86. The fraction of sp³-hybridized carbons (Fsp3) is 0.500. The first-order valence-electron chi connectivity index (χ1n) is 6.53. The third-order valence-electron chi connectivity index (χ3n) is 3.88. The van der Waals surface area contributed by atoms with Crippen molar-refractivity contribution in [1.82, 2.24) is 4.98 Å². The van der Waals surface area contributed by atoms with Gasteiger partial charge in [0.2, 0.25) is 0 Å². The SMILES string of the molecule is CC1(C)OB(C(=Cc2ccncc2F)CO)OC1(C)C. The normalized spacial score (nSPS) is 21.3. The van der Waals surface area contributed by atoms with Crippen LogP contribution < -0.4 is 0 Å². The highest BCUT2D eigenvalue weighted by atomic mass is 19.1. The molecule has 0 amide bonds. The van der Waals surface area contributed by atoms with Gasteiger partial charge in [-0.2, -0.15) is 0 Å². The lowest BCUT2D eigenvalue weighted by atomic mass is 9.77. The van der Waals surface area contributed by atoms with E-state index in [9.17, 15) is 9.50 Å². The Labute approximate surface area is 118 Å². The van der Waals surface area contributed by atoms with Gasteiger partial charge in [0.05, 0.1) is 24.0 Å². The molecule has 20 heavy (non-hydrogen) atoms. The third-order valence-corrected chi connectivity index (χ3v) is 3.88. The van der Waals surface area contributed by atoms with Crippen LogP contribution in [0.4, 0.5) is 4.39 Å². The largest absolute Gasteiger partial charge is 0.492 e. The fourth-order valence-corrected chi connectivity index (χ4v) is 1.89. The predicted octanol–water partition coefficient (Wildman–Crippen LogP) is 2.23. The highest BCUT2D eigenvalue weighted by Gasteiger charge is 2.52. The smallest absolute Gasteiger partial charge is 0.400 e. The summed E-state index contributed by atoms with van der Waals surface area (Å²) in [7, 11) is -0.683. The number of hydrogen-bond acceptors (Lipinski definition) is 4. The Morgan fingerprint density at radius 1 is 1.35 bits per heavy atom. The minimum Gasteiger partial charge on any atom is -0.400 e. The molecule has 0 atom stereocenters. The maximum atomic E-state index is 13.6. The Kier molecular flexibility index (Phi) is 4.00. The maximum absolute atomic E-state index is 13.6. The minimum atomic E-state index is -0.683. The lowest BCUT2D eigenvalue weighted by Gasteiger charge is -2.32. The van der Waals surface area contributed by atoms with Crippen LogP contribution in [0, 0.1) is 5.82 Å². The molecule has 0 spiro atoms. The van der Waals surface area contributed by atoms with E-state index in [4.69, 9.17) is 9.31 Å². The Morgan fingerprint density at radius 3 is 2.45 bits per heavy atom. The standard InChI is InChI=1S/C14H19BFNO3/c1-13(2)14(3,4)20-15(19-13)11(9-18)7-10-5-6-17-8-12(10)16/h5-8,18H,9H2,1-4H3. The summed E-state index contributed by atoms with van der Waals surface area (Å²) in [6.45, 7) is 7.44. The molecule has 1 N–H and O–H groups in total. The summed E-state index contributed by atoms with van der Waals surface area (Å²) in [5, 5.41) is 9.51. The van der Waals surface area contributed by atoms with E-state index in [1.807, 2.05) is 27.7 Å². The highest BCUT2D eigenvalue weighted by Crippen LogP contribution is 2.38. The summed E-state index contributed by atoms with van der Waals surface area (Å²) in [5.41, 5.74) is -0.168. The number of nitrogens with zero attached hydrogens (tertiary/aromatic N) is 1. The predicted molar refractivity (Wildman–Crippen MR) is 75.3 cm³/mol.